The average Bonchev–Trinajstić information content (AvgIpc) is 2.32. The third-order valence-corrected chi connectivity index (χ3v) is 2.65. The number of carbonyl (C=O) groups excluding carboxylic acids is 2. The van der Waals surface area contributed by atoms with Gasteiger partial charge in [-0.3, -0.25) is 4.79 Å². The first kappa shape index (κ1) is 25.0. The number of hydrogen-bond donors (Lipinski definition) is 3. The molecule has 9 nitrogen and oxygen atoms in total. The molecule has 9 heteroatoms. The number of hydrogen-bond acceptors (Lipinski definition) is 6. The molecule has 0 aliphatic heterocycles. The number of likely N-dealkylation sites (N-methyl/N-ethyl adjacent to an activating group) is 1. The molecule has 144 valence electrons. The normalized spacial score (nSPS) is 13.7. The van der Waals surface area contributed by atoms with Crippen molar-refractivity contribution in [3.63, 3.8) is 0 Å². The Labute approximate surface area is 146 Å². The fraction of sp³-hybridized carbons (Fsp3) is 0.625. The van der Waals surface area contributed by atoms with Crippen LogP contribution in [-0.2, 0) is 19.2 Å². The summed E-state index contributed by atoms with van der Waals surface area (Å²) in [5.74, 6) is -4.26. The molecule has 0 unspecified atom stereocenters. The van der Waals surface area contributed by atoms with E-state index in [-0.39, 0.29) is 18.9 Å². The number of rotatable bonds is 9. The van der Waals surface area contributed by atoms with Gasteiger partial charge in [-0.15, -0.1) is 0 Å². The molecule has 1 atom stereocenters. The first-order valence-electron chi connectivity index (χ1n) is 7.49. The fourth-order valence-corrected chi connectivity index (χ4v) is 1.97. The molecule has 0 saturated carbocycles. The van der Waals surface area contributed by atoms with Crippen LogP contribution in [0.1, 0.15) is 26.7 Å². The van der Waals surface area contributed by atoms with Crippen LogP contribution in [0.25, 0.3) is 0 Å². The predicted octanol–water partition coefficient (Wildman–Crippen LogP) is -1.11. The van der Waals surface area contributed by atoms with Crippen LogP contribution in [0.2, 0.25) is 0 Å². The first-order chi connectivity index (χ1) is 11.1. The van der Waals surface area contributed by atoms with E-state index >= 15 is 0 Å². The highest BCUT2D eigenvalue weighted by Crippen LogP contribution is 2.19. The Bertz CT molecular complexity index is 503. The number of carboxylic acids is 3. The van der Waals surface area contributed by atoms with Crippen molar-refractivity contribution in [2.24, 2.45) is 5.92 Å². The third kappa shape index (κ3) is 15.0. The van der Waals surface area contributed by atoms with Gasteiger partial charge in [0.1, 0.15) is 6.54 Å². The lowest BCUT2D eigenvalue weighted by Gasteiger charge is -2.35. The molecule has 0 aromatic rings. The number of quaternary nitrogens is 1. The van der Waals surface area contributed by atoms with E-state index < -0.39 is 35.7 Å². The van der Waals surface area contributed by atoms with Crippen LogP contribution >= 0.6 is 0 Å². The van der Waals surface area contributed by atoms with E-state index in [9.17, 15) is 29.4 Å². The molecule has 0 aromatic carbocycles. The smallest absolute Gasteiger partial charge is 0.328 e. The molecule has 0 heterocycles. The molecule has 3 N–H and O–H groups in total. The Morgan fingerprint density at radius 2 is 1.44 bits per heavy atom. The van der Waals surface area contributed by atoms with Crippen molar-refractivity contribution in [3.8, 4) is 0 Å². The second-order valence-corrected chi connectivity index (χ2v) is 7.06. The number of ketones is 1. The van der Waals surface area contributed by atoms with Gasteiger partial charge in [-0.1, -0.05) is 13.8 Å². The third-order valence-electron chi connectivity index (χ3n) is 2.65. The van der Waals surface area contributed by atoms with Gasteiger partial charge >= 0.3 is 11.9 Å². The molecule has 0 aliphatic rings. The van der Waals surface area contributed by atoms with Gasteiger partial charge in [-0.2, -0.15) is 0 Å². The summed E-state index contributed by atoms with van der Waals surface area (Å²) >= 11 is 0. The van der Waals surface area contributed by atoms with Crippen molar-refractivity contribution in [3.05, 3.63) is 12.2 Å². The zero-order valence-corrected chi connectivity index (χ0v) is 15.2. The second kappa shape index (κ2) is 10.6. The predicted molar refractivity (Wildman–Crippen MR) is 86.3 cm³/mol. The lowest BCUT2D eigenvalue weighted by atomic mass is 9.88. The maximum atomic E-state index is 11.9. The summed E-state index contributed by atoms with van der Waals surface area (Å²) in [6.45, 7) is 3.76. The molecule has 0 aromatic heterocycles. The Balaban J connectivity index is 0. The molecule has 0 amide bonds. The van der Waals surface area contributed by atoms with Gasteiger partial charge in [0, 0.05) is 31.0 Å². The van der Waals surface area contributed by atoms with E-state index in [4.69, 9.17) is 10.2 Å². The van der Waals surface area contributed by atoms with Gasteiger partial charge in [0.25, 0.3) is 0 Å². The minimum absolute atomic E-state index is 0.0620. The van der Waals surface area contributed by atoms with Gasteiger partial charge in [-0.25, -0.2) is 9.59 Å². The zero-order valence-electron chi connectivity index (χ0n) is 15.2. The van der Waals surface area contributed by atoms with Gasteiger partial charge in [0.2, 0.25) is 0 Å². The number of Topliss-reactive ketones (excluding diaryl/α,β-unsaturated/α-hetero) is 1. The Morgan fingerprint density at radius 3 is 1.68 bits per heavy atom. The fourth-order valence-electron chi connectivity index (χ4n) is 1.97. The van der Waals surface area contributed by atoms with Gasteiger partial charge in [0.05, 0.1) is 21.1 Å². The van der Waals surface area contributed by atoms with Crippen molar-refractivity contribution in [2.75, 3.05) is 27.7 Å². The molecule has 0 spiro atoms. The molecular weight excluding hydrogens is 334 g/mol. The molecule has 0 rings (SSSR count). The maximum absolute atomic E-state index is 11.9. The highest BCUT2D eigenvalue weighted by molar-refractivity contribution is 5.91. The summed E-state index contributed by atoms with van der Waals surface area (Å²) in [4.78, 5) is 41.7. The van der Waals surface area contributed by atoms with E-state index in [1.54, 1.807) is 21.1 Å². The number of nitrogens with zero attached hydrogens (tertiary/aromatic N) is 1. The van der Waals surface area contributed by atoms with Gasteiger partial charge < -0.3 is 29.7 Å². The summed E-state index contributed by atoms with van der Waals surface area (Å²) in [6, 6.07) is 0. The van der Waals surface area contributed by atoms with E-state index in [1.807, 2.05) is 13.8 Å². The van der Waals surface area contributed by atoms with Crippen molar-refractivity contribution in [1.82, 2.24) is 0 Å². The van der Waals surface area contributed by atoms with Gasteiger partial charge in [0.15, 0.2) is 11.4 Å². The SMILES string of the molecule is CC(C)CC(=O)[C@@](O)(CC(=O)[O-])C[N+](C)(C)C.O=C(O)C=CC(=O)O. The number of aliphatic carboxylic acids is 3. The Kier molecular flexibility index (Phi) is 10.6. The van der Waals surface area contributed by atoms with Crippen LogP contribution < -0.4 is 5.11 Å². The van der Waals surface area contributed by atoms with Crippen LogP contribution in [0.5, 0.6) is 0 Å². The summed E-state index contributed by atoms with van der Waals surface area (Å²) in [6.07, 6.45) is 0.641. The van der Waals surface area contributed by atoms with Crippen molar-refractivity contribution in [2.45, 2.75) is 32.3 Å². The standard InChI is InChI=1S/C12H23NO4.C4H4O4/c1-9(2)6-10(14)12(17,7-11(15)16)8-13(3,4)5;5-3(6)1-2-4(7)8/h9,17H,6-8H2,1-5H3;1-2H,(H,5,6)(H,7,8)/t12-;/m1./s1. The lowest BCUT2D eigenvalue weighted by molar-refractivity contribution is -0.875. The van der Waals surface area contributed by atoms with Crippen LogP contribution in [0.3, 0.4) is 0 Å². The zero-order chi connectivity index (χ0) is 20.4. The number of carbonyl (C=O) groups is 4. The van der Waals surface area contributed by atoms with Crippen molar-refractivity contribution >= 4 is 23.7 Å². The Hall–Kier alpha value is -2.26. The monoisotopic (exact) mass is 361 g/mol. The molecule has 0 aliphatic carbocycles. The summed E-state index contributed by atoms with van der Waals surface area (Å²) in [5.41, 5.74) is -1.83. The van der Waals surface area contributed by atoms with Crippen molar-refractivity contribution < 1.29 is 44.1 Å². The van der Waals surface area contributed by atoms with E-state index in [2.05, 4.69) is 0 Å². The summed E-state index contributed by atoms with van der Waals surface area (Å²) < 4.78 is 0.313. The average molecular weight is 361 g/mol. The molecular formula is C16H27NO8. The number of carboxylic acid groups (broad SMARTS) is 3. The molecule has 0 fully saturated rings. The second-order valence-electron chi connectivity index (χ2n) is 7.06. The number of aliphatic hydroxyl groups is 1. The van der Waals surface area contributed by atoms with Crippen LogP contribution in [0.4, 0.5) is 0 Å². The van der Waals surface area contributed by atoms with Crippen LogP contribution in [0.15, 0.2) is 12.2 Å². The van der Waals surface area contributed by atoms with E-state index in [0.717, 1.165) is 0 Å². The molecule has 0 radical (unpaired) electrons. The minimum Gasteiger partial charge on any atom is -0.550 e. The maximum Gasteiger partial charge on any atom is 0.328 e. The molecule has 0 bridgehead atoms. The molecule has 25 heavy (non-hydrogen) atoms. The van der Waals surface area contributed by atoms with Crippen molar-refractivity contribution in [1.29, 1.82) is 0 Å². The lowest BCUT2D eigenvalue weighted by Crippen LogP contribution is -2.56. The van der Waals surface area contributed by atoms with Gasteiger partial charge in [-0.05, 0) is 5.92 Å². The highest BCUT2D eigenvalue weighted by Gasteiger charge is 2.40. The van der Waals surface area contributed by atoms with E-state index in [1.165, 1.54) is 0 Å². The highest BCUT2D eigenvalue weighted by atomic mass is 16.4. The Morgan fingerprint density at radius 1 is 1.04 bits per heavy atom. The summed E-state index contributed by atoms with van der Waals surface area (Å²) in [7, 11) is 5.38. The first-order valence-corrected chi connectivity index (χ1v) is 7.49. The largest absolute Gasteiger partial charge is 0.550 e. The minimum atomic E-state index is -1.83. The van der Waals surface area contributed by atoms with E-state index in [0.29, 0.717) is 16.6 Å². The quantitative estimate of drug-likeness (QED) is 0.345. The molecule has 0 saturated heterocycles. The van der Waals surface area contributed by atoms with Crippen LogP contribution in [0, 0.1) is 5.92 Å². The van der Waals surface area contributed by atoms with Crippen LogP contribution in [-0.4, -0.2) is 76.8 Å². The topological polar surface area (TPSA) is 152 Å². The summed E-state index contributed by atoms with van der Waals surface area (Å²) in [5, 5.41) is 36.5.